The Morgan fingerprint density at radius 3 is 2.32 bits per heavy atom. The van der Waals surface area contributed by atoms with Gasteiger partial charge in [0.2, 0.25) is 5.89 Å². The molecule has 0 aliphatic heterocycles. The maximum Gasteiger partial charge on any atom is 0.235 e. The second kappa shape index (κ2) is 6.17. The number of halogens is 1. The lowest BCUT2D eigenvalue weighted by Gasteiger charge is -2.12. The first-order chi connectivity index (χ1) is 8.52. The van der Waals surface area contributed by atoms with Crippen molar-refractivity contribution in [3.8, 4) is 0 Å². The largest absolute Gasteiger partial charge is 0.339 e. The summed E-state index contributed by atoms with van der Waals surface area (Å²) in [6.45, 7) is 6.63. The van der Waals surface area contributed by atoms with Crippen LogP contribution < -0.4 is 5.73 Å². The van der Waals surface area contributed by atoms with Crippen molar-refractivity contribution < 1.29 is 4.52 Å². The first-order valence-electron chi connectivity index (χ1n) is 6.11. The molecular weight excluding hydrogens is 262 g/mol. The monoisotopic (exact) mass is 281 g/mol. The predicted molar refractivity (Wildman–Crippen MR) is 77.6 cm³/mol. The Morgan fingerprint density at radius 2 is 1.84 bits per heavy atom. The van der Waals surface area contributed by atoms with Gasteiger partial charge in [-0.05, 0) is 5.56 Å². The van der Waals surface area contributed by atoms with Gasteiger partial charge in [0.1, 0.15) is 0 Å². The van der Waals surface area contributed by atoms with Crippen LogP contribution in [0.1, 0.15) is 44.0 Å². The number of rotatable bonds is 3. The molecule has 1 aromatic heterocycles. The van der Waals surface area contributed by atoms with Crippen LogP contribution in [-0.4, -0.2) is 16.7 Å². The van der Waals surface area contributed by atoms with Gasteiger partial charge in [0.15, 0.2) is 5.82 Å². The summed E-state index contributed by atoms with van der Waals surface area (Å²) >= 11 is 0. The van der Waals surface area contributed by atoms with E-state index in [1.165, 1.54) is 0 Å². The summed E-state index contributed by atoms with van der Waals surface area (Å²) in [5.74, 6) is 1.27. The van der Waals surface area contributed by atoms with Crippen molar-refractivity contribution in [3.63, 3.8) is 0 Å². The molecule has 1 unspecified atom stereocenters. The van der Waals surface area contributed by atoms with Crippen LogP contribution in [0.5, 0.6) is 0 Å². The van der Waals surface area contributed by atoms with E-state index in [4.69, 9.17) is 10.3 Å². The fourth-order valence-electron chi connectivity index (χ4n) is 1.75. The molecule has 1 aromatic carbocycles. The molecule has 104 valence electrons. The van der Waals surface area contributed by atoms with Crippen molar-refractivity contribution in [1.82, 2.24) is 10.1 Å². The molecule has 0 aliphatic rings. The lowest BCUT2D eigenvalue weighted by atomic mass is 9.95. The van der Waals surface area contributed by atoms with E-state index in [0.717, 1.165) is 5.56 Å². The highest BCUT2D eigenvalue weighted by atomic mass is 35.5. The van der Waals surface area contributed by atoms with Crippen molar-refractivity contribution in [2.75, 3.05) is 6.54 Å². The molecule has 1 atom stereocenters. The van der Waals surface area contributed by atoms with Gasteiger partial charge in [-0.2, -0.15) is 4.98 Å². The topological polar surface area (TPSA) is 64.9 Å². The van der Waals surface area contributed by atoms with Crippen molar-refractivity contribution >= 4 is 12.4 Å². The van der Waals surface area contributed by atoms with E-state index >= 15 is 0 Å². The van der Waals surface area contributed by atoms with Crippen LogP contribution in [0, 0.1) is 0 Å². The molecule has 2 N–H and O–H groups in total. The van der Waals surface area contributed by atoms with Crippen LogP contribution in [0.3, 0.4) is 0 Å². The highest BCUT2D eigenvalue weighted by molar-refractivity contribution is 5.85. The normalized spacial score (nSPS) is 12.8. The Morgan fingerprint density at radius 1 is 1.21 bits per heavy atom. The smallest absolute Gasteiger partial charge is 0.235 e. The minimum Gasteiger partial charge on any atom is -0.339 e. The molecule has 0 aliphatic carbocycles. The minimum atomic E-state index is -0.114. The molecule has 4 nitrogen and oxygen atoms in total. The fourth-order valence-corrected chi connectivity index (χ4v) is 1.75. The average Bonchev–Trinajstić information content (AvgIpc) is 2.81. The summed E-state index contributed by atoms with van der Waals surface area (Å²) in [6, 6.07) is 10.0. The van der Waals surface area contributed by atoms with Crippen molar-refractivity contribution in [2.24, 2.45) is 5.73 Å². The van der Waals surface area contributed by atoms with Crippen LogP contribution in [0.4, 0.5) is 0 Å². The Labute approximate surface area is 119 Å². The van der Waals surface area contributed by atoms with Gasteiger partial charge in [-0.15, -0.1) is 12.4 Å². The first kappa shape index (κ1) is 15.7. The molecule has 0 amide bonds. The van der Waals surface area contributed by atoms with Crippen molar-refractivity contribution in [1.29, 1.82) is 0 Å². The van der Waals surface area contributed by atoms with E-state index in [9.17, 15) is 0 Å². The van der Waals surface area contributed by atoms with Crippen LogP contribution in [0.15, 0.2) is 34.9 Å². The molecule has 0 fully saturated rings. The molecule has 2 rings (SSSR count). The molecular formula is C14H20ClN3O. The summed E-state index contributed by atoms with van der Waals surface area (Å²) in [5.41, 5.74) is 6.81. The third-order valence-corrected chi connectivity index (χ3v) is 2.85. The molecule has 0 spiro atoms. The molecule has 0 bridgehead atoms. The summed E-state index contributed by atoms with van der Waals surface area (Å²) in [5, 5.41) is 4.04. The highest BCUT2D eigenvalue weighted by Gasteiger charge is 2.25. The van der Waals surface area contributed by atoms with Gasteiger partial charge in [-0.25, -0.2) is 0 Å². The van der Waals surface area contributed by atoms with Crippen LogP contribution in [0.25, 0.3) is 0 Å². The Hall–Kier alpha value is -1.39. The lowest BCUT2D eigenvalue weighted by molar-refractivity contribution is 0.353. The average molecular weight is 282 g/mol. The Kier molecular flexibility index (Phi) is 5.09. The molecule has 0 saturated carbocycles. The minimum absolute atomic E-state index is 0. The Balaban J connectivity index is 0.00000180. The molecule has 19 heavy (non-hydrogen) atoms. The maximum atomic E-state index is 5.83. The Bertz CT molecular complexity index is 505. The van der Waals surface area contributed by atoms with Crippen LogP contribution >= 0.6 is 12.4 Å². The second-order valence-corrected chi connectivity index (χ2v) is 5.41. The van der Waals surface area contributed by atoms with Gasteiger partial charge >= 0.3 is 0 Å². The van der Waals surface area contributed by atoms with Gasteiger partial charge in [-0.1, -0.05) is 56.3 Å². The number of nitrogens with zero attached hydrogens (tertiary/aromatic N) is 2. The summed E-state index contributed by atoms with van der Waals surface area (Å²) in [7, 11) is 0. The molecule has 2 aromatic rings. The number of hydrogen-bond acceptors (Lipinski definition) is 4. The molecule has 5 heteroatoms. The fraction of sp³-hybridized carbons (Fsp3) is 0.429. The van der Waals surface area contributed by atoms with Gasteiger partial charge < -0.3 is 10.3 Å². The van der Waals surface area contributed by atoms with E-state index in [0.29, 0.717) is 18.3 Å². The van der Waals surface area contributed by atoms with Gasteiger partial charge in [0.25, 0.3) is 0 Å². The van der Waals surface area contributed by atoms with Crippen LogP contribution in [-0.2, 0) is 5.41 Å². The van der Waals surface area contributed by atoms with E-state index in [-0.39, 0.29) is 23.7 Å². The summed E-state index contributed by atoms with van der Waals surface area (Å²) in [4.78, 5) is 4.47. The first-order valence-corrected chi connectivity index (χ1v) is 6.11. The van der Waals surface area contributed by atoms with Crippen molar-refractivity contribution in [2.45, 2.75) is 32.1 Å². The third kappa shape index (κ3) is 3.55. The van der Waals surface area contributed by atoms with Gasteiger partial charge in [0, 0.05) is 12.0 Å². The predicted octanol–water partition coefficient (Wildman–Crippen LogP) is 2.88. The van der Waals surface area contributed by atoms with E-state index in [2.05, 4.69) is 30.9 Å². The summed E-state index contributed by atoms with van der Waals surface area (Å²) < 4.78 is 5.36. The van der Waals surface area contributed by atoms with E-state index < -0.39 is 0 Å². The molecule has 0 radical (unpaired) electrons. The van der Waals surface area contributed by atoms with E-state index in [1.807, 2.05) is 30.3 Å². The zero-order valence-corrected chi connectivity index (χ0v) is 12.3. The quantitative estimate of drug-likeness (QED) is 0.939. The highest BCUT2D eigenvalue weighted by Crippen LogP contribution is 2.25. The zero-order valence-electron chi connectivity index (χ0n) is 11.5. The molecule has 1 heterocycles. The van der Waals surface area contributed by atoms with Crippen molar-refractivity contribution in [3.05, 3.63) is 47.6 Å². The lowest BCUT2D eigenvalue weighted by Crippen LogP contribution is -2.16. The third-order valence-electron chi connectivity index (χ3n) is 2.85. The summed E-state index contributed by atoms with van der Waals surface area (Å²) in [6.07, 6.45) is 0. The molecule has 0 saturated heterocycles. The number of benzene rings is 1. The SMILES string of the molecule is CC(C)(C)c1noc(C(CN)c2ccccc2)n1.Cl. The van der Waals surface area contributed by atoms with E-state index in [1.54, 1.807) is 0 Å². The zero-order chi connectivity index (χ0) is 13.2. The van der Waals surface area contributed by atoms with Crippen LogP contribution in [0.2, 0.25) is 0 Å². The standard InChI is InChI=1S/C14H19N3O.ClH/c1-14(2,3)13-16-12(18-17-13)11(9-15)10-7-5-4-6-8-10;/h4-8,11H,9,15H2,1-3H3;1H. The number of aromatic nitrogens is 2. The number of hydrogen-bond donors (Lipinski definition) is 1. The van der Waals surface area contributed by atoms with Gasteiger partial charge in [-0.3, -0.25) is 0 Å². The number of nitrogens with two attached hydrogens (primary N) is 1. The van der Waals surface area contributed by atoms with Gasteiger partial charge in [0.05, 0.1) is 5.92 Å². The second-order valence-electron chi connectivity index (χ2n) is 5.41. The maximum absolute atomic E-state index is 5.83.